The van der Waals surface area contributed by atoms with Gasteiger partial charge in [0.2, 0.25) is 4.58 Å². The number of rotatable bonds is 1. The van der Waals surface area contributed by atoms with Crippen molar-refractivity contribution in [1.82, 2.24) is 0 Å². The fraction of sp³-hybridized carbons (Fsp3) is 0.889. The summed E-state index contributed by atoms with van der Waals surface area (Å²) in [5.74, 6) is 0.282. The Balaban J connectivity index is 2.72. The van der Waals surface area contributed by atoms with Crippen LogP contribution in [0.15, 0.2) is 0 Å². The summed E-state index contributed by atoms with van der Waals surface area (Å²) in [4.78, 5) is 11.6. The first-order valence-corrected chi connectivity index (χ1v) is 7.55. The third kappa shape index (κ3) is 3.68. The van der Waals surface area contributed by atoms with Gasteiger partial charge in [0, 0.05) is 33.1 Å². The molecule has 0 aromatic carbocycles. The molecule has 15 heavy (non-hydrogen) atoms. The summed E-state index contributed by atoms with van der Waals surface area (Å²) >= 11 is 0. The number of carbonyl (C=O) groups excluding carboxylic acids is 1. The topological polar surface area (TPSA) is 60.4 Å². The summed E-state index contributed by atoms with van der Waals surface area (Å²) < 4.78 is 27.2. The second-order valence-corrected chi connectivity index (χ2v) is 7.97. The van der Waals surface area contributed by atoms with Crippen LogP contribution in [0.5, 0.6) is 0 Å². The molecule has 0 spiro atoms. The second-order valence-electron chi connectivity index (χ2n) is 4.39. The third-order valence-corrected chi connectivity index (χ3v) is 5.78. The quantitative estimate of drug-likeness (QED) is 0.640. The first-order valence-electron chi connectivity index (χ1n) is 4.78. The smallest absolute Gasteiger partial charge is 0.335 e. The maximum Gasteiger partial charge on any atom is 0.335 e. The largest absolute Gasteiger partial charge is 0.458 e. The van der Waals surface area contributed by atoms with Crippen molar-refractivity contribution in [2.75, 3.05) is 11.5 Å². The third-order valence-electron chi connectivity index (χ3n) is 1.77. The minimum absolute atomic E-state index is 0.440. The van der Waals surface area contributed by atoms with Crippen LogP contribution in [0, 0.1) is 0 Å². The molecular formula is C9H16O4S2. The lowest BCUT2D eigenvalue weighted by Crippen LogP contribution is -2.41. The number of hydrogen-bond donors (Lipinski definition) is 0. The van der Waals surface area contributed by atoms with E-state index in [-0.39, 0.29) is 0 Å². The molecule has 6 heteroatoms. The van der Waals surface area contributed by atoms with E-state index < -0.39 is 37.8 Å². The van der Waals surface area contributed by atoms with Crippen LogP contribution in [0.1, 0.15) is 27.2 Å². The monoisotopic (exact) mass is 252 g/mol. The van der Waals surface area contributed by atoms with E-state index in [0.717, 1.165) is 0 Å². The Morgan fingerprint density at radius 3 is 2.07 bits per heavy atom. The van der Waals surface area contributed by atoms with Gasteiger partial charge in [-0.05, 0) is 27.2 Å². The van der Waals surface area contributed by atoms with E-state index in [1.54, 1.807) is 20.8 Å². The molecule has 1 heterocycles. The van der Waals surface area contributed by atoms with Gasteiger partial charge >= 0.3 is 5.97 Å². The zero-order valence-electron chi connectivity index (χ0n) is 9.15. The second kappa shape index (κ2) is 4.74. The van der Waals surface area contributed by atoms with Crippen molar-refractivity contribution >= 4 is 27.6 Å². The first kappa shape index (κ1) is 12.8. The van der Waals surface area contributed by atoms with Crippen molar-refractivity contribution < 1.29 is 17.9 Å². The van der Waals surface area contributed by atoms with Crippen molar-refractivity contribution in [2.45, 2.75) is 37.4 Å². The lowest BCUT2D eigenvalue weighted by Gasteiger charge is -2.25. The molecule has 1 rings (SSSR count). The van der Waals surface area contributed by atoms with Crippen LogP contribution in [0.4, 0.5) is 0 Å². The molecule has 2 atom stereocenters. The molecule has 0 radical (unpaired) electrons. The van der Waals surface area contributed by atoms with Gasteiger partial charge in [0.05, 0.1) is 0 Å². The highest BCUT2D eigenvalue weighted by atomic mass is 32.2. The minimum Gasteiger partial charge on any atom is -0.458 e. The number of hydrogen-bond acceptors (Lipinski definition) is 4. The van der Waals surface area contributed by atoms with Gasteiger partial charge in [0.1, 0.15) is 5.60 Å². The normalized spacial score (nSPS) is 28.7. The Hall–Kier alpha value is -0.230. The number of carbonyl (C=O) groups is 1. The molecule has 0 saturated carbocycles. The number of esters is 1. The van der Waals surface area contributed by atoms with Crippen molar-refractivity contribution in [1.29, 1.82) is 0 Å². The Kier molecular flexibility index (Phi) is 4.06. The predicted molar refractivity (Wildman–Crippen MR) is 60.3 cm³/mol. The van der Waals surface area contributed by atoms with Crippen molar-refractivity contribution in [3.8, 4) is 0 Å². The maximum absolute atomic E-state index is 11.6. The van der Waals surface area contributed by atoms with Gasteiger partial charge in [-0.2, -0.15) is 0 Å². The zero-order chi connectivity index (χ0) is 11.6. The fourth-order valence-corrected chi connectivity index (χ4v) is 4.77. The highest BCUT2D eigenvalue weighted by Gasteiger charge is 2.37. The van der Waals surface area contributed by atoms with E-state index in [2.05, 4.69) is 0 Å². The van der Waals surface area contributed by atoms with E-state index in [4.69, 9.17) is 4.74 Å². The molecular weight excluding hydrogens is 236 g/mol. The Morgan fingerprint density at radius 2 is 1.67 bits per heavy atom. The van der Waals surface area contributed by atoms with Gasteiger partial charge in [-0.25, -0.2) is 4.79 Å². The molecule has 88 valence electrons. The van der Waals surface area contributed by atoms with Gasteiger partial charge < -0.3 is 4.74 Å². The van der Waals surface area contributed by atoms with Crippen LogP contribution in [0.3, 0.4) is 0 Å². The van der Waals surface area contributed by atoms with Crippen LogP contribution < -0.4 is 0 Å². The fourth-order valence-electron chi connectivity index (χ4n) is 1.24. The maximum atomic E-state index is 11.6. The summed E-state index contributed by atoms with van der Waals surface area (Å²) in [7, 11) is -2.70. The minimum atomic E-state index is -1.35. The van der Waals surface area contributed by atoms with Gasteiger partial charge in [0.25, 0.3) is 0 Å². The Bertz CT molecular complexity index is 290. The lowest BCUT2D eigenvalue weighted by atomic mass is 10.2. The summed E-state index contributed by atoms with van der Waals surface area (Å²) in [6.07, 6.45) is 0.651. The van der Waals surface area contributed by atoms with Gasteiger partial charge in [0.15, 0.2) is 0 Å². The lowest BCUT2D eigenvalue weighted by molar-refractivity contribution is -0.152. The molecule has 0 bridgehead atoms. The Morgan fingerprint density at radius 1 is 1.20 bits per heavy atom. The summed E-state index contributed by atoms with van der Waals surface area (Å²) in [6, 6.07) is 0. The molecule has 0 N–H and O–H groups in total. The summed E-state index contributed by atoms with van der Waals surface area (Å²) in [6.45, 7) is 5.21. The van der Waals surface area contributed by atoms with Crippen LogP contribution in [0.2, 0.25) is 0 Å². The standard InChI is InChI=1S/C9H16O4S2/c1-9(2,3)13-7(10)8-14(11)5-4-6-15(8)12/h8H,4-6H2,1-3H3/t14-,15-/m1/s1. The van der Waals surface area contributed by atoms with Crippen LogP contribution in [-0.2, 0) is 31.1 Å². The molecule has 1 saturated heterocycles. The molecule has 1 aliphatic heterocycles. The summed E-state index contributed by atoms with van der Waals surface area (Å²) in [5.41, 5.74) is -0.622. The first-order chi connectivity index (χ1) is 6.81. The summed E-state index contributed by atoms with van der Waals surface area (Å²) in [5, 5.41) is 0. The van der Waals surface area contributed by atoms with Crippen molar-refractivity contribution in [3.63, 3.8) is 0 Å². The highest BCUT2D eigenvalue weighted by Crippen LogP contribution is 2.17. The average Bonchev–Trinajstić information content (AvgIpc) is 1.99. The van der Waals surface area contributed by atoms with E-state index in [1.165, 1.54) is 0 Å². The molecule has 1 fully saturated rings. The Labute approximate surface area is 94.7 Å². The van der Waals surface area contributed by atoms with Crippen molar-refractivity contribution in [2.24, 2.45) is 0 Å². The van der Waals surface area contributed by atoms with Crippen LogP contribution in [0.25, 0.3) is 0 Å². The van der Waals surface area contributed by atoms with Gasteiger partial charge in [-0.3, -0.25) is 8.42 Å². The molecule has 1 aliphatic rings. The molecule has 0 aromatic rings. The van der Waals surface area contributed by atoms with Crippen LogP contribution in [-0.4, -0.2) is 36.1 Å². The van der Waals surface area contributed by atoms with E-state index in [0.29, 0.717) is 17.9 Å². The van der Waals surface area contributed by atoms with E-state index in [9.17, 15) is 13.2 Å². The van der Waals surface area contributed by atoms with E-state index in [1.807, 2.05) is 0 Å². The molecule has 0 aliphatic carbocycles. The van der Waals surface area contributed by atoms with Crippen molar-refractivity contribution in [3.05, 3.63) is 0 Å². The predicted octanol–water partition coefficient (Wildman–Crippen LogP) is 0.555. The SMILES string of the molecule is CC(C)(C)OC(=O)C1[S@](=O)CCC[S@]1=O. The van der Waals surface area contributed by atoms with E-state index >= 15 is 0 Å². The molecule has 4 nitrogen and oxygen atoms in total. The average molecular weight is 252 g/mol. The molecule has 0 amide bonds. The highest BCUT2D eigenvalue weighted by molar-refractivity contribution is 8.04. The zero-order valence-corrected chi connectivity index (χ0v) is 10.8. The molecule has 0 aromatic heterocycles. The van der Waals surface area contributed by atoms with Gasteiger partial charge in [-0.1, -0.05) is 0 Å². The van der Waals surface area contributed by atoms with Crippen LogP contribution >= 0.6 is 0 Å². The molecule has 0 unspecified atom stereocenters. The number of ether oxygens (including phenoxy) is 1. The van der Waals surface area contributed by atoms with Gasteiger partial charge in [-0.15, -0.1) is 0 Å².